The molecule has 1 aliphatic heterocycles. The van der Waals surface area contributed by atoms with E-state index in [0.29, 0.717) is 11.5 Å². The number of piperidine rings is 1. The summed E-state index contributed by atoms with van der Waals surface area (Å²) in [7, 11) is 0. The van der Waals surface area contributed by atoms with E-state index in [4.69, 9.17) is 5.73 Å². The molecular weight excluding hydrogens is 208 g/mol. The number of nitrogens with one attached hydrogen (secondary N) is 1. The van der Waals surface area contributed by atoms with Gasteiger partial charge in [-0.2, -0.15) is 0 Å². The van der Waals surface area contributed by atoms with Crippen molar-refractivity contribution in [3.8, 4) is 0 Å². The molecule has 3 N–H and O–H groups in total. The summed E-state index contributed by atoms with van der Waals surface area (Å²) in [4.78, 5) is 0. The highest BCUT2D eigenvalue weighted by Crippen LogP contribution is 2.50. The molecule has 0 amide bonds. The Balaban J connectivity index is 0.000000853. The summed E-state index contributed by atoms with van der Waals surface area (Å²) in [5.41, 5.74) is 8.48. The topological polar surface area (TPSA) is 38.0 Å². The SMILES string of the molecule is Cl.N[C@@H]1C(C2CC2)=CCC12CCNCC2. The van der Waals surface area contributed by atoms with E-state index in [1.165, 1.54) is 45.2 Å². The molecule has 0 aromatic rings. The first-order valence-electron chi connectivity index (χ1n) is 5.98. The van der Waals surface area contributed by atoms with Crippen LogP contribution in [0.4, 0.5) is 0 Å². The van der Waals surface area contributed by atoms with Crippen molar-refractivity contribution in [2.45, 2.75) is 38.1 Å². The van der Waals surface area contributed by atoms with Crippen molar-refractivity contribution >= 4 is 12.4 Å². The molecule has 0 bridgehead atoms. The summed E-state index contributed by atoms with van der Waals surface area (Å²) in [6.45, 7) is 2.33. The lowest BCUT2D eigenvalue weighted by atomic mass is 9.72. The van der Waals surface area contributed by atoms with Crippen LogP contribution in [0, 0.1) is 11.3 Å². The van der Waals surface area contributed by atoms with Gasteiger partial charge in [0.05, 0.1) is 0 Å². The van der Waals surface area contributed by atoms with Crippen molar-refractivity contribution < 1.29 is 0 Å². The summed E-state index contributed by atoms with van der Waals surface area (Å²) in [6, 6.07) is 0.386. The second kappa shape index (κ2) is 4.08. The van der Waals surface area contributed by atoms with Gasteiger partial charge in [0.25, 0.3) is 0 Å². The molecule has 86 valence electrons. The van der Waals surface area contributed by atoms with Crippen LogP contribution in [0.2, 0.25) is 0 Å². The van der Waals surface area contributed by atoms with Crippen molar-refractivity contribution in [2.75, 3.05) is 13.1 Å². The second-order valence-corrected chi connectivity index (χ2v) is 5.27. The second-order valence-electron chi connectivity index (χ2n) is 5.27. The van der Waals surface area contributed by atoms with Gasteiger partial charge in [-0.25, -0.2) is 0 Å². The zero-order chi connectivity index (χ0) is 9.60. The molecule has 0 radical (unpaired) electrons. The Morgan fingerprint density at radius 3 is 2.53 bits per heavy atom. The number of allylic oxidation sites excluding steroid dienone is 1. The van der Waals surface area contributed by atoms with Crippen molar-refractivity contribution in [1.29, 1.82) is 0 Å². The zero-order valence-corrected chi connectivity index (χ0v) is 9.98. The van der Waals surface area contributed by atoms with Crippen LogP contribution in [0.1, 0.15) is 32.1 Å². The maximum atomic E-state index is 6.43. The van der Waals surface area contributed by atoms with Gasteiger partial charge in [0.15, 0.2) is 0 Å². The van der Waals surface area contributed by atoms with Crippen molar-refractivity contribution in [2.24, 2.45) is 17.1 Å². The molecule has 2 nitrogen and oxygen atoms in total. The Labute approximate surface area is 98.1 Å². The fourth-order valence-electron chi connectivity index (χ4n) is 3.21. The molecule has 1 saturated heterocycles. The molecule has 2 aliphatic carbocycles. The van der Waals surface area contributed by atoms with Gasteiger partial charge in [0, 0.05) is 6.04 Å². The van der Waals surface area contributed by atoms with Crippen molar-refractivity contribution in [3.05, 3.63) is 11.6 Å². The van der Waals surface area contributed by atoms with Crippen LogP contribution >= 0.6 is 12.4 Å². The smallest absolute Gasteiger partial charge is 0.0317 e. The molecule has 3 aliphatic rings. The number of hydrogen-bond acceptors (Lipinski definition) is 2. The Kier molecular flexibility index (Phi) is 3.11. The minimum Gasteiger partial charge on any atom is -0.324 e. The molecule has 15 heavy (non-hydrogen) atoms. The maximum absolute atomic E-state index is 6.43. The van der Waals surface area contributed by atoms with Crippen molar-refractivity contribution in [3.63, 3.8) is 0 Å². The van der Waals surface area contributed by atoms with Gasteiger partial charge in [-0.3, -0.25) is 0 Å². The Bertz CT molecular complexity index is 265. The van der Waals surface area contributed by atoms with Gasteiger partial charge in [0.2, 0.25) is 0 Å². The van der Waals surface area contributed by atoms with E-state index < -0.39 is 0 Å². The molecule has 3 heteroatoms. The third-order valence-electron chi connectivity index (χ3n) is 4.41. The van der Waals surface area contributed by atoms with Crippen LogP contribution in [-0.2, 0) is 0 Å². The molecule has 0 unspecified atom stereocenters. The highest BCUT2D eigenvalue weighted by Gasteiger charge is 2.46. The van der Waals surface area contributed by atoms with Gasteiger partial charge in [-0.1, -0.05) is 11.6 Å². The highest BCUT2D eigenvalue weighted by atomic mass is 35.5. The number of halogens is 1. The van der Waals surface area contributed by atoms with E-state index in [-0.39, 0.29) is 12.4 Å². The van der Waals surface area contributed by atoms with E-state index in [9.17, 15) is 0 Å². The predicted molar refractivity (Wildman–Crippen MR) is 65.2 cm³/mol. The molecule has 2 fully saturated rings. The Hall–Kier alpha value is -0.0500. The summed E-state index contributed by atoms with van der Waals surface area (Å²) in [6.07, 6.45) is 9.07. The maximum Gasteiger partial charge on any atom is 0.0317 e. The lowest BCUT2D eigenvalue weighted by Gasteiger charge is -2.38. The number of hydrogen-bond donors (Lipinski definition) is 2. The minimum atomic E-state index is 0. The monoisotopic (exact) mass is 228 g/mol. The van der Waals surface area contributed by atoms with E-state index in [0.717, 1.165) is 5.92 Å². The largest absolute Gasteiger partial charge is 0.324 e. The van der Waals surface area contributed by atoms with E-state index in [2.05, 4.69) is 11.4 Å². The molecule has 1 atom stereocenters. The lowest BCUT2D eigenvalue weighted by molar-refractivity contribution is 0.189. The molecule has 1 saturated carbocycles. The fraction of sp³-hybridized carbons (Fsp3) is 0.833. The van der Waals surface area contributed by atoms with Crippen LogP contribution in [0.25, 0.3) is 0 Å². The average molecular weight is 229 g/mol. The molecule has 3 rings (SSSR count). The quantitative estimate of drug-likeness (QED) is 0.673. The van der Waals surface area contributed by atoms with E-state index >= 15 is 0 Å². The van der Waals surface area contributed by atoms with Crippen LogP contribution < -0.4 is 11.1 Å². The molecular formula is C12H21ClN2. The highest BCUT2D eigenvalue weighted by molar-refractivity contribution is 5.85. The standard InChI is InChI=1S/C12H20N2.ClH/c13-11-10(9-1-2-9)3-4-12(11)5-7-14-8-6-12;/h3,9,11,14H,1-2,4-8,13H2;1H/t11-;/m1./s1. The van der Waals surface area contributed by atoms with Crippen LogP contribution in [0.3, 0.4) is 0 Å². The third-order valence-corrected chi connectivity index (χ3v) is 4.41. The summed E-state index contributed by atoms with van der Waals surface area (Å²) >= 11 is 0. The molecule has 1 heterocycles. The van der Waals surface area contributed by atoms with Crippen molar-refractivity contribution in [1.82, 2.24) is 5.32 Å². The third kappa shape index (κ3) is 1.83. The summed E-state index contributed by atoms with van der Waals surface area (Å²) < 4.78 is 0. The number of rotatable bonds is 1. The van der Waals surface area contributed by atoms with Gasteiger partial charge in [0.1, 0.15) is 0 Å². The average Bonchev–Trinajstić information content (AvgIpc) is 3.00. The van der Waals surface area contributed by atoms with Gasteiger partial charge in [-0.15, -0.1) is 12.4 Å². The number of nitrogens with two attached hydrogens (primary N) is 1. The molecule has 0 aromatic carbocycles. The Morgan fingerprint density at radius 1 is 1.27 bits per heavy atom. The summed E-state index contributed by atoms with van der Waals surface area (Å²) in [5, 5.41) is 3.44. The first-order chi connectivity index (χ1) is 6.82. The molecule has 0 aromatic heterocycles. The minimum absolute atomic E-state index is 0. The van der Waals surface area contributed by atoms with E-state index in [1.807, 2.05) is 0 Å². The van der Waals surface area contributed by atoms with Gasteiger partial charge >= 0.3 is 0 Å². The lowest BCUT2D eigenvalue weighted by Crippen LogP contribution is -2.46. The van der Waals surface area contributed by atoms with Gasteiger partial charge in [-0.05, 0) is 56.5 Å². The molecule has 1 spiro atoms. The first kappa shape index (κ1) is 11.4. The first-order valence-corrected chi connectivity index (χ1v) is 5.98. The summed E-state index contributed by atoms with van der Waals surface area (Å²) in [5.74, 6) is 0.874. The van der Waals surface area contributed by atoms with Gasteiger partial charge < -0.3 is 11.1 Å². The predicted octanol–water partition coefficient (Wildman–Crippen LogP) is 1.85. The van der Waals surface area contributed by atoms with Crippen LogP contribution in [0.15, 0.2) is 11.6 Å². The Morgan fingerprint density at radius 2 is 1.93 bits per heavy atom. The van der Waals surface area contributed by atoms with Crippen LogP contribution in [-0.4, -0.2) is 19.1 Å². The fourth-order valence-corrected chi connectivity index (χ4v) is 3.21. The van der Waals surface area contributed by atoms with Crippen LogP contribution in [0.5, 0.6) is 0 Å². The van der Waals surface area contributed by atoms with E-state index in [1.54, 1.807) is 5.57 Å². The normalized spacial score (nSPS) is 33.7. The zero-order valence-electron chi connectivity index (χ0n) is 9.17.